The molecule has 1 N–H and O–H groups in total. The molecule has 1 fully saturated rings. The van der Waals surface area contributed by atoms with E-state index >= 15 is 0 Å². The molecular formula is C14H23N3O3S. The monoisotopic (exact) mass is 313 g/mol. The lowest BCUT2D eigenvalue weighted by atomic mass is 10.1. The SMILES string of the molecule is CCN1CCC(N(C)S(=O)(=O)c2ccc(CO)cn2)CC1. The maximum atomic E-state index is 12.6. The topological polar surface area (TPSA) is 73.7 Å². The van der Waals surface area contributed by atoms with Gasteiger partial charge in [-0.1, -0.05) is 13.0 Å². The second-order valence-electron chi connectivity index (χ2n) is 5.35. The van der Waals surface area contributed by atoms with E-state index in [9.17, 15) is 8.42 Å². The third kappa shape index (κ3) is 3.60. The van der Waals surface area contributed by atoms with Crippen LogP contribution < -0.4 is 0 Å². The number of likely N-dealkylation sites (tertiary alicyclic amines) is 1. The zero-order chi connectivity index (χ0) is 15.5. The number of aliphatic hydroxyl groups excluding tert-OH is 1. The molecule has 0 amide bonds. The van der Waals surface area contributed by atoms with E-state index in [1.54, 1.807) is 13.1 Å². The van der Waals surface area contributed by atoms with Gasteiger partial charge in [0.05, 0.1) is 6.61 Å². The number of pyridine rings is 1. The summed E-state index contributed by atoms with van der Waals surface area (Å²) in [5.41, 5.74) is 0.604. The number of sulfonamides is 1. The van der Waals surface area contributed by atoms with Crippen molar-refractivity contribution in [2.24, 2.45) is 0 Å². The van der Waals surface area contributed by atoms with Crippen molar-refractivity contribution in [1.82, 2.24) is 14.2 Å². The first-order valence-electron chi connectivity index (χ1n) is 7.25. The fraction of sp³-hybridized carbons (Fsp3) is 0.643. The summed E-state index contributed by atoms with van der Waals surface area (Å²) in [6.07, 6.45) is 3.09. The normalized spacial score (nSPS) is 18.3. The number of hydrogen-bond acceptors (Lipinski definition) is 5. The first-order valence-corrected chi connectivity index (χ1v) is 8.69. The van der Waals surface area contributed by atoms with E-state index in [-0.39, 0.29) is 17.7 Å². The van der Waals surface area contributed by atoms with Crippen LogP contribution in [0, 0.1) is 0 Å². The van der Waals surface area contributed by atoms with E-state index < -0.39 is 10.0 Å². The van der Waals surface area contributed by atoms with Crippen LogP contribution in [0.15, 0.2) is 23.4 Å². The third-order valence-corrected chi connectivity index (χ3v) is 5.97. The molecule has 21 heavy (non-hydrogen) atoms. The highest BCUT2D eigenvalue weighted by Gasteiger charge is 2.31. The van der Waals surface area contributed by atoms with Crippen molar-refractivity contribution < 1.29 is 13.5 Å². The molecule has 0 aromatic carbocycles. The van der Waals surface area contributed by atoms with Gasteiger partial charge in [-0.15, -0.1) is 0 Å². The minimum atomic E-state index is -3.57. The predicted molar refractivity (Wildman–Crippen MR) is 80.2 cm³/mol. The summed E-state index contributed by atoms with van der Waals surface area (Å²) in [7, 11) is -1.94. The summed E-state index contributed by atoms with van der Waals surface area (Å²) in [6, 6.07) is 3.07. The maximum absolute atomic E-state index is 12.6. The molecule has 1 aliphatic heterocycles. The number of rotatable bonds is 5. The molecule has 0 spiro atoms. The number of nitrogens with zero attached hydrogens (tertiary/aromatic N) is 3. The van der Waals surface area contributed by atoms with Gasteiger partial charge in [-0.25, -0.2) is 13.4 Å². The number of hydrogen-bond donors (Lipinski definition) is 1. The molecule has 0 atom stereocenters. The highest BCUT2D eigenvalue weighted by Crippen LogP contribution is 2.21. The van der Waals surface area contributed by atoms with Crippen molar-refractivity contribution in [3.8, 4) is 0 Å². The fourth-order valence-electron chi connectivity index (χ4n) is 2.60. The highest BCUT2D eigenvalue weighted by molar-refractivity contribution is 7.89. The van der Waals surface area contributed by atoms with Gasteiger partial charge >= 0.3 is 0 Å². The molecule has 1 aromatic rings. The van der Waals surface area contributed by atoms with Crippen LogP contribution in [0.3, 0.4) is 0 Å². The summed E-state index contributed by atoms with van der Waals surface area (Å²) in [4.78, 5) is 6.29. The lowest BCUT2D eigenvalue weighted by Crippen LogP contribution is -2.45. The second kappa shape index (κ2) is 6.83. The second-order valence-corrected chi connectivity index (χ2v) is 7.29. The first-order chi connectivity index (χ1) is 9.98. The molecule has 0 unspecified atom stereocenters. The van der Waals surface area contributed by atoms with Crippen LogP contribution in [-0.2, 0) is 16.6 Å². The third-order valence-electron chi connectivity index (χ3n) is 4.14. The van der Waals surface area contributed by atoms with Gasteiger partial charge < -0.3 is 10.0 Å². The molecule has 0 aliphatic carbocycles. The zero-order valence-corrected chi connectivity index (χ0v) is 13.4. The molecule has 1 aromatic heterocycles. The van der Waals surface area contributed by atoms with Crippen LogP contribution in [0.1, 0.15) is 25.3 Å². The van der Waals surface area contributed by atoms with Crippen molar-refractivity contribution in [3.05, 3.63) is 23.9 Å². The Bertz CT molecular complexity index is 551. The number of aromatic nitrogens is 1. The minimum absolute atomic E-state index is 0.0251. The lowest BCUT2D eigenvalue weighted by Gasteiger charge is -2.35. The van der Waals surface area contributed by atoms with Crippen molar-refractivity contribution in [2.75, 3.05) is 26.7 Å². The molecule has 6 nitrogen and oxygen atoms in total. The van der Waals surface area contributed by atoms with E-state index in [2.05, 4.69) is 16.8 Å². The van der Waals surface area contributed by atoms with E-state index in [1.807, 2.05) is 0 Å². The van der Waals surface area contributed by atoms with Gasteiger partial charge in [0.15, 0.2) is 5.03 Å². The molecule has 7 heteroatoms. The zero-order valence-electron chi connectivity index (χ0n) is 12.6. The molecule has 1 aliphatic rings. The Morgan fingerprint density at radius 3 is 2.52 bits per heavy atom. The first kappa shape index (κ1) is 16.4. The Hall–Kier alpha value is -1.02. The molecule has 2 heterocycles. The lowest BCUT2D eigenvalue weighted by molar-refractivity contribution is 0.176. The Morgan fingerprint density at radius 1 is 1.38 bits per heavy atom. The molecule has 2 rings (SSSR count). The Labute approximate surface area is 126 Å². The largest absolute Gasteiger partial charge is 0.392 e. The van der Waals surface area contributed by atoms with Crippen LogP contribution in [0.2, 0.25) is 0 Å². The fourth-order valence-corrected chi connectivity index (χ4v) is 3.92. The standard InChI is InChI=1S/C14H23N3O3S/c1-3-17-8-6-13(7-9-17)16(2)21(19,20)14-5-4-12(11-18)10-15-14/h4-5,10,13,18H,3,6-9,11H2,1-2H3. The Morgan fingerprint density at radius 2 is 2.05 bits per heavy atom. The molecule has 0 bridgehead atoms. The van der Waals surface area contributed by atoms with Crippen molar-refractivity contribution in [3.63, 3.8) is 0 Å². The number of aliphatic hydroxyl groups is 1. The minimum Gasteiger partial charge on any atom is -0.392 e. The summed E-state index contributed by atoms with van der Waals surface area (Å²) in [6.45, 7) is 4.84. The van der Waals surface area contributed by atoms with Gasteiger partial charge in [0.2, 0.25) is 0 Å². The summed E-state index contributed by atoms with van der Waals surface area (Å²) in [5.74, 6) is 0. The van der Waals surface area contributed by atoms with E-state index in [0.717, 1.165) is 32.5 Å². The van der Waals surface area contributed by atoms with Crippen LogP contribution >= 0.6 is 0 Å². The quantitative estimate of drug-likeness (QED) is 0.865. The van der Waals surface area contributed by atoms with Crippen LogP contribution in [0.25, 0.3) is 0 Å². The van der Waals surface area contributed by atoms with Crippen molar-refractivity contribution >= 4 is 10.0 Å². The Kier molecular flexibility index (Phi) is 5.32. The van der Waals surface area contributed by atoms with Gasteiger partial charge in [-0.05, 0) is 44.1 Å². The summed E-state index contributed by atoms with van der Waals surface area (Å²) >= 11 is 0. The smallest absolute Gasteiger partial charge is 0.260 e. The average Bonchev–Trinajstić information content (AvgIpc) is 2.54. The maximum Gasteiger partial charge on any atom is 0.260 e. The van der Waals surface area contributed by atoms with Crippen molar-refractivity contribution in [1.29, 1.82) is 0 Å². The van der Waals surface area contributed by atoms with E-state index in [1.165, 1.54) is 16.6 Å². The van der Waals surface area contributed by atoms with Crippen LogP contribution in [0.4, 0.5) is 0 Å². The molecule has 118 valence electrons. The van der Waals surface area contributed by atoms with Gasteiger partial charge in [0.1, 0.15) is 0 Å². The van der Waals surface area contributed by atoms with Gasteiger partial charge in [0.25, 0.3) is 10.0 Å². The Balaban J connectivity index is 2.11. The van der Waals surface area contributed by atoms with Gasteiger partial charge in [0, 0.05) is 19.3 Å². The molecule has 0 saturated carbocycles. The predicted octanol–water partition coefficient (Wildman–Crippen LogP) is 0.679. The van der Waals surface area contributed by atoms with E-state index in [0.29, 0.717) is 5.56 Å². The van der Waals surface area contributed by atoms with Crippen LogP contribution in [-0.4, -0.2) is 60.4 Å². The van der Waals surface area contributed by atoms with Crippen molar-refractivity contribution in [2.45, 2.75) is 37.4 Å². The number of piperidine rings is 1. The van der Waals surface area contributed by atoms with Gasteiger partial charge in [-0.2, -0.15) is 4.31 Å². The van der Waals surface area contributed by atoms with Gasteiger partial charge in [-0.3, -0.25) is 0 Å². The highest BCUT2D eigenvalue weighted by atomic mass is 32.2. The molecule has 0 radical (unpaired) electrons. The molecule has 1 saturated heterocycles. The molecular weight excluding hydrogens is 290 g/mol. The summed E-state index contributed by atoms with van der Waals surface area (Å²) < 4.78 is 26.6. The summed E-state index contributed by atoms with van der Waals surface area (Å²) in [5, 5.41) is 9.03. The van der Waals surface area contributed by atoms with Crippen LogP contribution in [0.5, 0.6) is 0 Å². The van der Waals surface area contributed by atoms with E-state index in [4.69, 9.17) is 5.11 Å². The average molecular weight is 313 g/mol.